The molecule has 1 fully saturated rings. The van der Waals surface area contributed by atoms with Crippen LogP contribution in [0.25, 0.3) is 0 Å². The largest absolute Gasteiger partial charge is 0.272 e. The van der Waals surface area contributed by atoms with Crippen molar-refractivity contribution in [2.75, 3.05) is 0 Å². The molecule has 0 saturated heterocycles. The van der Waals surface area contributed by atoms with Gasteiger partial charge >= 0.3 is 0 Å². The van der Waals surface area contributed by atoms with Gasteiger partial charge in [0.2, 0.25) is 0 Å². The number of nitro benzene ring substituents is 1. The molecule has 0 heterocycles. The van der Waals surface area contributed by atoms with Gasteiger partial charge in [0.15, 0.2) is 0 Å². The molecular weight excluding hydrogens is 285 g/mol. The molecule has 2 rings (SSSR count). The van der Waals surface area contributed by atoms with Gasteiger partial charge in [-0.15, -0.1) is 11.6 Å². The van der Waals surface area contributed by atoms with Gasteiger partial charge in [-0.25, -0.2) is 0 Å². The van der Waals surface area contributed by atoms with E-state index in [0.717, 1.165) is 25.7 Å². The van der Waals surface area contributed by atoms with Gasteiger partial charge in [0.25, 0.3) is 5.69 Å². The highest BCUT2D eigenvalue weighted by Gasteiger charge is 2.25. The smallest absolute Gasteiger partial charge is 0.258 e. The van der Waals surface area contributed by atoms with Crippen molar-refractivity contribution in [3.63, 3.8) is 0 Å². The third kappa shape index (κ3) is 3.83. The quantitative estimate of drug-likeness (QED) is 0.342. The summed E-state index contributed by atoms with van der Waals surface area (Å²) in [6, 6.07) is 4.75. The number of halogens is 2. The van der Waals surface area contributed by atoms with E-state index in [0.29, 0.717) is 22.9 Å². The summed E-state index contributed by atoms with van der Waals surface area (Å²) in [6.45, 7) is 0. The fourth-order valence-corrected chi connectivity index (χ4v) is 3.31. The third-order valence-corrected chi connectivity index (χ3v) is 4.60. The summed E-state index contributed by atoms with van der Waals surface area (Å²) in [4.78, 5) is 10.7. The van der Waals surface area contributed by atoms with Crippen molar-refractivity contribution in [1.29, 1.82) is 0 Å². The van der Waals surface area contributed by atoms with Gasteiger partial charge in [0.05, 0.1) is 4.92 Å². The van der Waals surface area contributed by atoms with Crippen LogP contribution in [0.15, 0.2) is 18.2 Å². The molecule has 0 N–H and O–H groups in total. The molecule has 0 aliphatic heterocycles. The second-order valence-corrected chi connectivity index (χ2v) is 6.15. The van der Waals surface area contributed by atoms with Gasteiger partial charge in [-0.3, -0.25) is 10.1 Å². The van der Waals surface area contributed by atoms with Gasteiger partial charge < -0.3 is 0 Å². The first kappa shape index (κ1) is 14.6. The van der Waals surface area contributed by atoms with E-state index in [-0.39, 0.29) is 16.0 Å². The molecule has 1 saturated carbocycles. The number of nitro groups is 1. The monoisotopic (exact) mass is 301 g/mol. The average Bonchev–Trinajstić information content (AvgIpc) is 2.55. The Hall–Kier alpha value is -0.800. The molecule has 3 nitrogen and oxygen atoms in total. The minimum Gasteiger partial charge on any atom is -0.258 e. The molecule has 1 aromatic carbocycles. The van der Waals surface area contributed by atoms with Crippen molar-refractivity contribution in [2.24, 2.45) is 5.92 Å². The van der Waals surface area contributed by atoms with E-state index in [4.69, 9.17) is 23.2 Å². The summed E-state index contributed by atoms with van der Waals surface area (Å²) in [5, 5.41) is 11.7. The molecule has 19 heavy (non-hydrogen) atoms. The van der Waals surface area contributed by atoms with Crippen molar-refractivity contribution >= 4 is 28.9 Å². The highest BCUT2D eigenvalue weighted by molar-refractivity contribution is 6.30. The lowest BCUT2D eigenvalue weighted by atomic mass is 9.91. The maximum Gasteiger partial charge on any atom is 0.272 e. The maximum absolute atomic E-state index is 11.1. The summed E-state index contributed by atoms with van der Waals surface area (Å²) in [6.07, 6.45) is 6.20. The summed E-state index contributed by atoms with van der Waals surface area (Å²) < 4.78 is 0. The lowest BCUT2D eigenvalue weighted by molar-refractivity contribution is -0.385. The molecule has 104 valence electrons. The molecule has 1 aliphatic carbocycles. The Labute approximate surface area is 123 Å². The summed E-state index contributed by atoms with van der Waals surface area (Å²) >= 11 is 12.4. The highest BCUT2D eigenvalue weighted by Crippen LogP contribution is 2.33. The fourth-order valence-electron chi connectivity index (χ4n) is 2.75. The number of hydrogen-bond donors (Lipinski definition) is 0. The molecule has 1 aliphatic rings. The summed E-state index contributed by atoms with van der Waals surface area (Å²) in [7, 11) is 0. The Morgan fingerprint density at radius 2 is 2.00 bits per heavy atom. The van der Waals surface area contributed by atoms with Crippen LogP contribution < -0.4 is 0 Å². The molecule has 0 aromatic heterocycles. The SMILES string of the molecule is O=[N+]([O-])c1ccc(Cl)cc1CC1CCCCCC1Cl. The lowest BCUT2D eigenvalue weighted by Gasteiger charge is -2.19. The second-order valence-electron chi connectivity index (χ2n) is 5.15. The Bertz CT molecular complexity index is 465. The van der Waals surface area contributed by atoms with Crippen molar-refractivity contribution in [2.45, 2.75) is 43.9 Å². The van der Waals surface area contributed by atoms with E-state index in [1.54, 1.807) is 12.1 Å². The van der Waals surface area contributed by atoms with E-state index in [1.807, 2.05) is 0 Å². The predicted molar refractivity (Wildman–Crippen MR) is 78.0 cm³/mol. The zero-order valence-corrected chi connectivity index (χ0v) is 12.2. The van der Waals surface area contributed by atoms with E-state index in [1.165, 1.54) is 12.5 Å². The molecule has 0 radical (unpaired) electrons. The second kappa shape index (κ2) is 6.58. The fraction of sp³-hybridized carbons (Fsp3) is 0.571. The van der Waals surface area contributed by atoms with Crippen LogP contribution in [0.1, 0.15) is 37.7 Å². The van der Waals surface area contributed by atoms with E-state index in [2.05, 4.69) is 0 Å². The number of hydrogen-bond acceptors (Lipinski definition) is 2. The number of rotatable bonds is 3. The average molecular weight is 302 g/mol. The first-order chi connectivity index (χ1) is 9.08. The van der Waals surface area contributed by atoms with Crippen LogP contribution >= 0.6 is 23.2 Å². The predicted octanol–water partition coefficient (Wildman–Crippen LogP) is 4.98. The Morgan fingerprint density at radius 3 is 2.74 bits per heavy atom. The summed E-state index contributed by atoms with van der Waals surface area (Å²) in [5.74, 6) is 0.307. The zero-order chi connectivity index (χ0) is 13.8. The normalized spacial score (nSPS) is 23.9. The van der Waals surface area contributed by atoms with Crippen molar-refractivity contribution in [1.82, 2.24) is 0 Å². The maximum atomic E-state index is 11.1. The van der Waals surface area contributed by atoms with Gasteiger partial charge in [-0.2, -0.15) is 0 Å². The van der Waals surface area contributed by atoms with Gasteiger partial charge in [0, 0.05) is 22.0 Å². The molecule has 5 heteroatoms. The summed E-state index contributed by atoms with van der Waals surface area (Å²) in [5.41, 5.74) is 0.854. The van der Waals surface area contributed by atoms with Crippen LogP contribution in [-0.2, 0) is 6.42 Å². The van der Waals surface area contributed by atoms with E-state index in [9.17, 15) is 10.1 Å². The van der Waals surface area contributed by atoms with Crippen LogP contribution in [0.2, 0.25) is 5.02 Å². The molecule has 0 amide bonds. The minimum atomic E-state index is -0.342. The third-order valence-electron chi connectivity index (χ3n) is 3.79. The molecule has 1 aromatic rings. The highest BCUT2D eigenvalue weighted by atomic mass is 35.5. The Kier molecular flexibility index (Phi) is 5.06. The van der Waals surface area contributed by atoms with Gasteiger partial charge in [-0.1, -0.05) is 30.9 Å². The van der Waals surface area contributed by atoms with Crippen molar-refractivity contribution in [3.8, 4) is 0 Å². The Morgan fingerprint density at radius 1 is 1.26 bits per heavy atom. The molecule has 2 unspecified atom stereocenters. The first-order valence-electron chi connectivity index (χ1n) is 6.65. The standard InChI is InChI=1S/C14H17Cl2NO2/c15-12-6-7-14(17(18)19)11(9-12)8-10-4-2-1-3-5-13(10)16/h6-7,9-10,13H,1-5,8H2. The van der Waals surface area contributed by atoms with Crippen molar-refractivity contribution < 1.29 is 4.92 Å². The van der Waals surface area contributed by atoms with Crippen LogP contribution in [0, 0.1) is 16.0 Å². The van der Waals surface area contributed by atoms with E-state index < -0.39 is 0 Å². The molecular formula is C14H17Cl2NO2. The number of benzene rings is 1. The minimum absolute atomic E-state index is 0.112. The van der Waals surface area contributed by atoms with Crippen LogP contribution in [0.5, 0.6) is 0 Å². The topological polar surface area (TPSA) is 43.1 Å². The number of nitrogens with zero attached hydrogens (tertiary/aromatic N) is 1. The van der Waals surface area contributed by atoms with Gasteiger partial charge in [-0.05, 0) is 37.3 Å². The molecule has 2 atom stereocenters. The lowest BCUT2D eigenvalue weighted by Crippen LogP contribution is -2.16. The van der Waals surface area contributed by atoms with Crippen LogP contribution in [0.4, 0.5) is 5.69 Å². The van der Waals surface area contributed by atoms with Gasteiger partial charge in [0.1, 0.15) is 0 Å². The van der Waals surface area contributed by atoms with Crippen molar-refractivity contribution in [3.05, 3.63) is 38.9 Å². The van der Waals surface area contributed by atoms with E-state index >= 15 is 0 Å². The molecule has 0 spiro atoms. The van der Waals surface area contributed by atoms with Crippen LogP contribution in [0.3, 0.4) is 0 Å². The Balaban J connectivity index is 2.21. The van der Waals surface area contributed by atoms with Crippen LogP contribution in [-0.4, -0.2) is 10.3 Å². The zero-order valence-electron chi connectivity index (χ0n) is 10.6. The number of alkyl halides is 1. The molecule has 0 bridgehead atoms. The first-order valence-corrected chi connectivity index (χ1v) is 7.46.